The number of halogens is 3. The standard InChI is InChI=1S/C23H13ClI2N2O5S/c24-15-2-1-3-17(11-15)27-22(29)20(34-23(27)30)10-14-8-18(25)21(19(26)9-14)33-12-13-4-6-16(7-5-13)28(31)32/h1-11H,12H2/b20-10+. The van der Waals surface area contributed by atoms with Gasteiger partial charge >= 0.3 is 0 Å². The number of carbonyl (C=O) groups excluding carboxylic acids is 2. The van der Waals surface area contributed by atoms with Crippen molar-refractivity contribution >= 4 is 97.1 Å². The highest BCUT2D eigenvalue weighted by Gasteiger charge is 2.36. The third kappa shape index (κ3) is 5.56. The lowest BCUT2D eigenvalue weighted by Gasteiger charge is -2.13. The number of thioether (sulfide) groups is 1. The minimum Gasteiger partial charge on any atom is -0.487 e. The van der Waals surface area contributed by atoms with Crippen LogP contribution in [-0.4, -0.2) is 16.1 Å². The largest absolute Gasteiger partial charge is 0.487 e. The number of benzene rings is 3. The van der Waals surface area contributed by atoms with Gasteiger partial charge in [-0.15, -0.1) is 0 Å². The molecule has 3 aromatic rings. The maximum absolute atomic E-state index is 12.9. The number of ether oxygens (including phenoxy) is 1. The Balaban J connectivity index is 1.52. The molecule has 2 amide bonds. The van der Waals surface area contributed by atoms with Gasteiger partial charge in [-0.05, 0) is 117 Å². The van der Waals surface area contributed by atoms with Crippen LogP contribution in [0.1, 0.15) is 11.1 Å². The number of carbonyl (C=O) groups is 2. The molecular formula is C23H13ClI2N2O5S. The molecule has 0 unspecified atom stereocenters. The fourth-order valence-electron chi connectivity index (χ4n) is 3.13. The van der Waals surface area contributed by atoms with E-state index in [1.165, 1.54) is 12.1 Å². The van der Waals surface area contributed by atoms with Crippen molar-refractivity contribution in [2.45, 2.75) is 6.61 Å². The predicted molar refractivity (Wildman–Crippen MR) is 149 cm³/mol. The highest BCUT2D eigenvalue weighted by Crippen LogP contribution is 2.37. The summed E-state index contributed by atoms with van der Waals surface area (Å²) in [5.41, 5.74) is 2.01. The molecule has 0 atom stereocenters. The molecule has 0 aliphatic carbocycles. The van der Waals surface area contributed by atoms with Crippen LogP contribution in [0.15, 0.2) is 65.6 Å². The van der Waals surface area contributed by atoms with Gasteiger partial charge < -0.3 is 4.74 Å². The molecule has 1 aliphatic rings. The fourth-order valence-corrected chi connectivity index (χ4v) is 6.28. The second-order valence-electron chi connectivity index (χ2n) is 7.02. The Morgan fingerprint density at radius 2 is 1.74 bits per heavy atom. The van der Waals surface area contributed by atoms with Gasteiger partial charge in [0.05, 0.1) is 22.7 Å². The second-order valence-corrected chi connectivity index (χ2v) is 10.8. The third-order valence-electron chi connectivity index (χ3n) is 4.71. The molecule has 3 aromatic carbocycles. The third-order valence-corrected chi connectivity index (χ3v) is 7.42. The summed E-state index contributed by atoms with van der Waals surface area (Å²) < 4.78 is 7.60. The number of hydrogen-bond acceptors (Lipinski definition) is 6. The topological polar surface area (TPSA) is 89.7 Å². The average Bonchev–Trinajstić information content (AvgIpc) is 3.06. The SMILES string of the molecule is O=C1S/C(=C/c2cc(I)c(OCc3ccc([N+](=O)[O-])cc3)c(I)c2)C(=O)N1c1cccc(Cl)c1. The first kappa shape index (κ1) is 24.9. The summed E-state index contributed by atoms with van der Waals surface area (Å²) in [5.74, 6) is 0.268. The number of rotatable bonds is 6. The fraction of sp³-hybridized carbons (Fsp3) is 0.0435. The molecule has 172 valence electrons. The van der Waals surface area contributed by atoms with Crippen LogP contribution in [0.4, 0.5) is 16.2 Å². The molecule has 1 aliphatic heterocycles. The highest BCUT2D eigenvalue weighted by molar-refractivity contribution is 14.1. The van der Waals surface area contributed by atoms with E-state index < -0.39 is 10.8 Å². The summed E-state index contributed by atoms with van der Waals surface area (Å²) in [7, 11) is 0. The molecule has 0 spiro atoms. The van der Waals surface area contributed by atoms with Crippen molar-refractivity contribution in [2.24, 2.45) is 0 Å². The van der Waals surface area contributed by atoms with Crippen LogP contribution in [0.5, 0.6) is 5.75 Å². The molecule has 0 N–H and O–H groups in total. The summed E-state index contributed by atoms with van der Waals surface area (Å²) >= 11 is 11.2. The Kier molecular flexibility index (Phi) is 7.80. The van der Waals surface area contributed by atoms with Gasteiger partial charge in [-0.2, -0.15) is 0 Å². The zero-order valence-corrected chi connectivity index (χ0v) is 22.9. The first-order valence-corrected chi connectivity index (χ1v) is 13.0. The molecule has 0 bridgehead atoms. The van der Waals surface area contributed by atoms with E-state index in [1.54, 1.807) is 42.5 Å². The molecule has 1 heterocycles. The number of nitrogens with zero attached hydrogens (tertiary/aromatic N) is 2. The van der Waals surface area contributed by atoms with Crippen molar-refractivity contribution < 1.29 is 19.2 Å². The number of amides is 2. The van der Waals surface area contributed by atoms with Crippen LogP contribution < -0.4 is 9.64 Å². The number of nitro groups is 1. The van der Waals surface area contributed by atoms with Crippen LogP contribution in [0.3, 0.4) is 0 Å². The van der Waals surface area contributed by atoms with Gasteiger partial charge in [-0.1, -0.05) is 17.7 Å². The lowest BCUT2D eigenvalue weighted by atomic mass is 10.2. The summed E-state index contributed by atoms with van der Waals surface area (Å²) in [6.45, 7) is 0.252. The number of imide groups is 1. The lowest BCUT2D eigenvalue weighted by Crippen LogP contribution is -2.27. The number of nitro benzene ring substituents is 1. The first-order valence-electron chi connectivity index (χ1n) is 9.61. The van der Waals surface area contributed by atoms with E-state index in [0.717, 1.165) is 34.9 Å². The van der Waals surface area contributed by atoms with E-state index in [9.17, 15) is 19.7 Å². The van der Waals surface area contributed by atoms with E-state index in [0.29, 0.717) is 21.4 Å². The van der Waals surface area contributed by atoms with Crippen molar-refractivity contribution in [1.29, 1.82) is 0 Å². The van der Waals surface area contributed by atoms with Crippen LogP contribution in [0.2, 0.25) is 5.02 Å². The molecule has 4 rings (SSSR count). The summed E-state index contributed by atoms with van der Waals surface area (Å²) in [6.07, 6.45) is 1.68. The van der Waals surface area contributed by atoms with Crippen LogP contribution >= 0.6 is 68.5 Å². The molecular weight excluding hydrogens is 706 g/mol. The minimum absolute atomic E-state index is 0.0250. The van der Waals surface area contributed by atoms with E-state index in [-0.39, 0.29) is 17.5 Å². The van der Waals surface area contributed by atoms with Crippen LogP contribution in [-0.2, 0) is 11.4 Å². The monoisotopic (exact) mass is 718 g/mol. The van der Waals surface area contributed by atoms with Gasteiger partial charge in [-0.3, -0.25) is 19.7 Å². The van der Waals surface area contributed by atoms with Crippen LogP contribution in [0, 0.1) is 17.3 Å². The molecule has 0 radical (unpaired) electrons. The molecule has 34 heavy (non-hydrogen) atoms. The highest BCUT2D eigenvalue weighted by atomic mass is 127. The zero-order chi connectivity index (χ0) is 24.4. The molecule has 11 heteroatoms. The van der Waals surface area contributed by atoms with E-state index in [4.69, 9.17) is 16.3 Å². The summed E-state index contributed by atoms with van der Waals surface area (Å²) in [4.78, 5) is 37.2. The zero-order valence-electron chi connectivity index (χ0n) is 17.0. The van der Waals surface area contributed by atoms with Gasteiger partial charge in [0.2, 0.25) is 0 Å². The van der Waals surface area contributed by atoms with Gasteiger partial charge in [0, 0.05) is 17.2 Å². The molecule has 7 nitrogen and oxygen atoms in total. The van der Waals surface area contributed by atoms with Gasteiger partial charge in [0.1, 0.15) is 12.4 Å². The molecule has 0 aromatic heterocycles. The Hall–Kier alpha value is -2.16. The lowest BCUT2D eigenvalue weighted by molar-refractivity contribution is -0.384. The normalized spacial score (nSPS) is 14.7. The van der Waals surface area contributed by atoms with E-state index >= 15 is 0 Å². The number of anilines is 1. The van der Waals surface area contributed by atoms with Crippen molar-refractivity contribution in [3.8, 4) is 5.75 Å². The smallest absolute Gasteiger partial charge is 0.298 e. The van der Waals surface area contributed by atoms with Gasteiger partial charge in [0.25, 0.3) is 16.8 Å². The Bertz CT molecular complexity index is 1320. The maximum atomic E-state index is 12.9. The first-order chi connectivity index (χ1) is 16.2. The van der Waals surface area contributed by atoms with Crippen molar-refractivity contribution in [3.63, 3.8) is 0 Å². The Morgan fingerprint density at radius 1 is 1.06 bits per heavy atom. The van der Waals surface area contributed by atoms with Gasteiger partial charge in [-0.25, -0.2) is 4.90 Å². The van der Waals surface area contributed by atoms with Gasteiger partial charge in [0.15, 0.2) is 0 Å². The second kappa shape index (κ2) is 10.6. The van der Waals surface area contributed by atoms with Crippen molar-refractivity contribution in [3.05, 3.63) is 99.0 Å². The Morgan fingerprint density at radius 3 is 2.35 bits per heavy atom. The molecule has 1 saturated heterocycles. The predicted octanol–water partition coefficient (Wildman–Crippen LogP) is 7.28. The van der Waals surface area contributed by atoms with E-state index in [2.05, 4.69) is 45.2 Å². The minimum atomic E-state index is -0.446. The summed E-state index contributed by atoms with van der Waals surface area (Å²) in [5, 5.41) is 10.9. The summed E-state index contributed by atoms with van der Waals surface area (Å²) in [6, 6.07) is 16.5. The van der Waals surface area contributed by atoms with Crippen molar-refractivity contribution in [1.82, 2.24) is 0 Å². The Labute approximate surface area is 230 Å². The quantitative estimate of drug-likeness (QED) is 0.115. The number of non-ortho nitro benzene ring substituents is 1. The average molecular weight is 719 g/mol. The molecule has 1 fully saturated rings. The maximum Gasteiger partial charge on any atom is 0.298 e. The van der Waals surface area contributed by atoms with Crippen LogP contribution in [0.25, 0.3) is 6.08 Å². The molecule has 0 saturated carbocycles. The van der Waals surface area contributed by atoms with Crippen molar-refractivity contribution in [2.75, 3.05) is 4.90 Å². The van der Waals surface area contributed by atoms with E-state index in [1.807, 2.05) is 12.1 Å². The number of hydrogen-bond donors (Lipinski definition) is 0.